The Balaban J connectivity index is 1.31. The summed E-state index contributed by atoms with van der Waals surface area (Å²) in [5, 5.41) is 0. The summed E-state index contributed by atoms with van der Waals surface area (Å²) in [4.78, 5) is 0. The van der Waals surface area contributed by atoms with Crippen LogP contribution in [0, 0.1) is 0 Å². The number of rotatable bonds is 15. The van der Waals surface area contributed by atoms with Gasteiger partial charge in [-0.2, -0.15) is 0 Å². The molecule has 0 aliphatic rings. The fraction of sp³-hybridized carbons (Fsp3) is 0.500. The predicted molar refractivity (Wildman–Crippen MR) is 118 cm³/mol. The number of nitrogens with zero attached hydrogens (tertiary/aromatic N) is 4. The van der Waals surface area contributed by atoms with Gasteiger partial charge in [-0.05, 0) is 17.5 Å². The van der Waals surface area contributed by atoms with Crippen LogP contribution in [-0.4, -0.2) is 48.8 Å². The van der Waals surface area contributed by atoms with E-state index in [1.807, 2.05) is 7.05 Å². The molecule has 0 saturated heterocycles. The van der Waals surface area contributed by atoms with Gasteiger partial charge >= 0.3 is 0 Å². The lowest BCUT2D eigenvalue weighted by atomic mass is 10.1. The number of benzene rings is 1. The monoisotopic (exact) mass is 428 g/mol. The molecule has 0 amide bonds. The summed E-state index contributed by atoms with van der Waals surface area (Å²) < 4.78 is 25.1. The van der Waals surface area contributed by atoms with Gasteiger partial charge in [0.2, 0.25) is 12.7 Å². The predicted octanol–water partition coefficient (Wildman–Crippen LogP) is 1.96. The van der Waals surface area contributed by atoms with Crippen LogP contribution in [-0.2, 0) is 40.9 Å². The normalized spacial score (nSPS) is 11.3. The van der Waals surface area contributed by atoms with Gasteiger partial charge in [0.1, 0.15) is 44.4 Å². The Morgan fingerprint density at radius 1 is 0.742 bits per heavy atom. The molecule has 0 aliphatic heterocycles. The molecule has 0 saturated carbocycles. The number of ether oxygens (including phenoxy) is 3. The first-order valence-electron chi connectivity index (χ1n) is 11.1. The van der Waals surface area contributed by atoms with Crippen LogP contribution in [0.4, 0.5) is 0 Å². The van der Waals surface area contributed by atoms with Crippen molar-refractivity contribution < 1.29 is 23.3 Å². The lowest BCUT2D eigenvalue weighted by Gasteiger charge is -2.05. The molecule has 0 unspecified atom stereocenters. The minimum absolute atomic E-state index is 0.611. The second kappa shape index (κ2) is 13.0. The van der Waals surface area contributed by atoms with E-state index in [4.69, 9.17) is 14.2 Å². The smallest absolute Gasteiger partial charge is 0.244 e. The van der Waals surface area contributed by atoms with Crippen LogP contribution < -0.4 is 9.13 Å². The Morgan fingerprint density at radius 3 is 2.06 bits per heavy atom. The van der Waals surface area contributed by atoms with E-state index in [2.05, 4.69) is 86.9 Å². The van der Waals surface area contributed by atoms with Crippen molar-refractivity contribution in [2.75, 3.05) is 39.6 Å². The Labute approximate surface area is 185 Å². The van der Waals surface area contributed by atoms with Gasteiger partial charge in [-0.1, -0.05) is 31.2 Å². The van der Waals surface area contributed by atoms with Crippen LogP contribution in [0.1, 0.15) is 24.5 Å². The molecule has 2 heterocycles. The molecule has 0 atom stereocenters. The van der Waals surface area contributed by atoms with Gasteiger partial charge in [0, 0.05) is 6.61 Å². The third-order valence-electron chi connectivity index (χ3n) is 4.91. The summed E-state index contributed by atoms with van der Waals surface area (Å²) in [6, 6.07) is 8.83. The van der Waals surface area contributed by atoms with Crippen LogP contribution in [0.3, 0.4) is 0 Å². The van der Waals surface area contributed by atoms with E-state index >= 15 is 0 Å². The van der Waals surface area contributed by atoms with Crippen molar-refractivity contribution in [3.8, 4) is 0 Å². The van der Waals surface area contributed by atoms with Gasteiger partial charge < -0.3 is 14.2 Å². The Morgan fingerprint density at radius 2 is 1.39 bits per heavy atom. The maximum absolute atomic E-state index is 5.66. The van der Waals surface area contributed by atoms with E-state index in [0.29, 0.717) is 33.0 Å². The van der Waals surface area contributed by atoms with E-state index in [1.54, 1.807) is 0 Å². The number of imidazole rings is 2. The number of hydrogen-bond donors (Lipinski definition) is 0. The number of aryl methyl sites for hydroxylation is 1. The lowest BCUT2D eigenvalue weighted by molar-refractivity contribution is -0.687. The highest BCUT2D eigenvalue weighted by molar-refractivity contribution is 5.22. The van der Waals surface area contributed by atoms with Crippen molar-refractivity contribution in [1.29, 1.82) is 0 Å². The van der Waals surface area contributed by atoms with Crippen LogP contribution >= 0.6 is 0 Å². The summed E-state index contributed by atoms with van der Waals surface area (Å²) in [5.74, 6) is 0. The lowest BCUT2D eigenvalue weighted by Crippen LogP contribution is -2.31. The van der Waals surface area contributed by atoms with E-state index in [0.717, 1.165) is 32.7 Å². The van der Waals surface area contributed by atoms with E-state index in [9.17, 15) is 0 Å². The Bertz CT molecular complexity index is 873. The fourth-order valence-corrected chi connectivity index (χ4v) is 3.29. The van der Waals surface area contributed by atoms with Crippen molar-refractivity contribution in [2.24, 2.45) is 7.05 Å². The van der Waals surface area contributed by atoms with Gasteiger partial charge in [-0.3, -0.25) is 0 Å². The molecule has 0 radical (unpaired) electrons. The summed E-state index contributed by atoms with van der Waals surface area (Å²) in [7, 11) is 2.04. The third kappa shape index (κ3) is 8.65. The molecular formula is C24H36N4O3+2. The highest BCUT2D eigenvalue weighted by atomic mass is 16.5. The summed E-state index contributed by atoms with van der Waals surface area (Å²) in [6.45, 7) is 8.68. The Hall–Kier alpha value is -2.48. The van der Waals surface area contributed by atoms with Crippen LogP contribution in [0.25, 0.3) is 0 Å². The van der Waals surface area contributed by atoms with Crippen molar-refractivity contribution in [3.05, 3.63) is 72.8 Å². The van der Waals surface area contributed by atoms with Crippen molar-refractivity contribution in [1.82, 2.24) is 9.13 Å². The van der Waals surface area contributed by atoms with Crippen LogP contribution in [0.5, 0.6) is 0 Å². The SMILES string of the molecule is CCCOCCOCCOCCn1cc[n+](Cc2ccc(Cn3cc[n+](C)c3)cc2)c1. The standard InChI is InChI=1S/C24H36N4O3/c1-3-13-29-15-17-31-18-16-30-14-12-26-10-11-28(22-26)20-24-6-4-23(5-7-24)19-27-9-8-25(2)21-27/h4-11,21-22H,3,12-20H2,1-2H3/q+2. The number of aromatic nitrogens is 4. The second-order valence-corrected chi connectivity index (χ2v) is 7.73. The second-order valence-electron chi connectivity index (χ2n) is 7.73. The first-order valence-corrected chi connectivity index (χ1v) is 11.1. The van der Waals surface area contributed by atoms with Crippen molar-refractivity contribution in [2.45, 2.75) is 33.0 Å². The maximum atomic E-state index is 5.66. The highest BCUT2D eigenvalue weighted by Gasteiger charge is 2.06. The molecular weight excluding hydrogens is 392 g/mol. The molecule has 0 spiro atoms. The maximum Gasteiger partial charge on any atom is 0.244 e. The molecule has 168 valence electrons. The van der Waals surface area contributed by atoms with Crippen LogP contribution in [0.15, 0.2) is 61.7 Å². The Kier molecular flexibility index (Phi) is 9.76. The van der Waals surface area contributed by atoms with Gasteiger partial charge in [0.15, 0.2) is 0 Å². The summed E-state index contributed by atoms with van der Waals surface area (Å²) in [6.07, 6.45) is 13.6. The number of hydrogen-bond acceptors (Lipinski definition) is 3. The first-order chi connectivity index (χ1) is 15.2. The summed E-state index contributed by atoms with van der Waals surface area (Å²) in [5.41, 5.74) is 2.60. The molecule has 3 rings (SSSR count). The van der Waals surface area contributed by atoms with E-state index in [1.165, 1.54) is 11.1 Å². The van der Waals surface area contributed by atoms with Crippen molar-refractivity contribution >= 4 is 0 Å². The molecule has 0 aliphatic carbocycles. The zero-order valence-electron chi connectivity index (χ0n) is 18.9. The molecule has 0 fully saturated rings. The minimum atomic E-state index is 0.611. The quantitative estimate of drug-likeness (QED) is 0.275. The fourth-order valence-electron chi connectivity index (χ4n) is 3.29. The van der Waals surface area contributed by atoms with Gasteiger partial charge in [-0.15, -0.1) is 0 Å². The van der Waals surface area contributed by atoms with Gasteiger partial charge in [0.05, 0.1) is 40.1 Å². The third-order valence-corrected chi connectivity index (χ3v) is 4.91. The molecule has 2 aromatic heterocycles. The van der Waals surface area contributed by atoms with Gasteiger partial charge in [0.25, 0.3) is 0 Å². The topological polar surface area (TPSA) is 45.3 Å². The zero-order valence-corrected chi connectivity index (χ0v) is 18.9. The molecule has 0 bridgehead atoms. The molecule has 7 heteroatoms. The highest BCUT2D eigenvalue weighted by Crippen LogP contribution is 2.06. The van der Waals surface area contributed by atoms with Gasteiger partial charge in [-0.25, -0.2) is 18.3 Å². The molecule has 1 aromatic carbocycles. The molecule has 7 nitrogen and oxygen atoms in total. The largest absolute Gasteiger partial charge is 0.379 e. The van der Waals surface area contributed by atoms with Crippen molar-refractivity contribution in [3.63, 3.8) is 0 Å². The van der Waals surface area contributed by atoms with Crippen LogP contribution in [0.2, 0.25) is 0 Å². The molecule has 31 heavy (non-hydrogen) atoms. The first kappa shape index (κ1) is 23.2. The zero-order chi connectivity index (χ0) is 21.7. The minimum Gasteiger partial charge on any atom is -0.379 e. The van der Waals surface area contributed by atoms with E-state index in [-0.39, 0.29) is 0 Å². The molecule has 0 N–H and O–H groups in total. The average molecular weight is 429 g/mol. The van der Waals surface area contributed by atoms with E-state index < -0.39 is 0 Å². The summed E-state index contributed by atoms with van der Waals surface area (Å²) >= 11 is 0. The molecule has 3 aromatic rings. The average Bonchev–Trinajstić information content (AvgIpc) is 3.39.